The molecule has 0 atom stereocenters. The molecule has 0 amide bonds. The third kappa shape index (κ3) is 4.68. The SMILES string of the molecule is CCNC(=NCCC1CCN(C)CC1)N1CCCC1. The molecule has 2 heterocycles. The van der Waals surface area contributed by atoms with Crippen LogP contribution in [0.25, 0.3) is 0 Å². The van der Waals surface area contributed by atoms with E-state index in [0.717, 1.165) is 25.0 Å². The van der Waals surface area contributed by atoms with Crippen LogP contribution in [0.15, 0.2) is 4.99 Å². The van der Waals surface area contributed by atoms with Crippen molar-refractivity contribution in [2.75, 3.05) is 46.3 Å². The summed E-state index contributed by atoms with van der Waals surface area (Å²) in [5.74, 6) is 2.04. The Hall–Kier alpha value is -0.770. The predicted molar refractivity (Wildman–Crippen MR) is 81.6 cm³/mol. The molecule has 2 aliphatic heterocycles. The molecule has 110 valence electrons. The normalized spacial score (nSPS) is 23.1. The Kier molecular flexibility index (Phi) is 5.95. The van der Waals surface area contributed by atoms with Gasteiger partial charge in [-0.2, -0.15) is 0 Å². The van der Waals surface area contributed by atoms with Crippen molar-refractivity contribution in [2.24, 2.45) is 10.9 Å². The van der Waals surface area contributed by atoms with Gasteiger partial charge in [-0.3, -0.25) is 4.99 Å². The number of hydrogen-bond acceptors (Lipinski definition) is 2. The average Bonchev–Trinajstić information content (AvgIpc) is 2.94. The molecule has 1 N–H and O–H groups in total. The van der Waals surface area contributed by atoms with E-state index in [1.807, 2.05) is 0 Å². The summed E-state index contributed by atoms with van der Waals surface area (Å²) < 4.78 is 0. The lowest BCUT2D eigenvalue weighted by Crippen LogP contribution is -2.39. The van der Waals surface area contributed by atoms with Crippen LogP contribution in [-0.4, -0.2) is 62.1 Å². The van der Waals surface area contributed by atoms with Crippen molar-refractivity contribution in [3.05, 3.63) is 0 Å². The summed E-state index contributed by atoms with van der Waals surface area (Å²) in [7, 11) is 2.23. The molecule has 0 radical (unpaired) electrons. The van der Waals surface area contributed by atoms with Gasteiger partial charge in [-0.25, -0.2) is 0 Å². The molecule has 0 unspecified atom stereocenters. The van der Waals surface area contributed by atoms with Gasteiger partial charge in [-0.1, -0.05) is 0 Å². The Balaban J connectivity index is 1.74. The lowest BCUT2D eigenvalue weighted by molar-refractivity contribution is 0.214. The smallest absolute Gasteiger partial charge is 0.193 e. The summed E-state index contributed by atoms with van der Waals surface area (Å²) in [4.78, 5) is 9.68. The number of guanidine groups is 1. The molecule has 0 aromatic rings. The maximum Gasteiger partial charge on any atom is 0.193 e. The van der Waals surface area contributed by atoms with Gasteiger partial charge in [0.25, 0.3) is 0 Å². The van der Waals surface area contributed by atoms with E-state index < -0.39 is 0 Å². The molecule has 0 aliphatic carbocycles. The molecule has 2 rings (SSSR count). The fourth-order valence-corrected chi connectivity index (χ4v) is 3.06. The topological polar surface area (TPSA) is 30.9 Å². The Bertz CT molecular complexity index is 276. The van der Waals surface area contributed by atoms with Crippen LogP contribution in [0.4, 0.5) is 0 Å². The zero-order valence-electron chi connectivity index (χ0n) is 12.7. The van der Waals surface area contributed by atoms with Gasteiger partial charge in [-0.05, 0) is 65.1 Å². The fourth-order valence-electron chi connectivity index (χ4n) is 3.06. The first-order valence-electron chi connectivity index (χ1n) is 8.01. The van der Waals surface area contributed by atoms with Crippen LogP contribution in [0.1, 0.15) is 39.0 Å². The Labute approximate surface area is 118 Å². The molecule has 4 nitrogen and oxygen atoms in total. The summed E-state index contributed by atoms with van der Waals surface area (Å²) in [5, 5.41) is 3.44. The van der Waals surface area contributed by atoms with E-state index in [-0.39, 0.29) is 0 Å². The van der Waals surface area contributed by atoms with Gasteiger partial charge in [0, 0.05) is 26.2 Å². The van der Waals surface area contributed by atoms with Crippen molar-refractivity contribution < 1.29 is 0 Å². The second kappa shape index (κ2) is 7.73. The standard InChI is InChI=1S/C15H30N4/c1-3-16-15(19-10-4-5-11-19)17-9-6-14-7-12-18(2)13-8-14/h14H,3-13H2,1-2H3,(H,16,17). The minimum atomic E-state index is 0.890. The van der Waals surface area contributed by atoms with E-state index in [4.69, 9.17) is 4.99 Å². The average molecular weight is 266 g/mol. The van der Waals surface area contributed by atoms with E-state index in [1.165, 1.54) is 58.3 Å². The van der Waals surface area contributed by atoms with Gasteiger partial charge in [0.15, 0.2) is 5.96 Å². The first kappa shape index (κ1) is 14.6. The van der Waals surface area contributed by atoms with Gasteiger partial charge in [-0.15, -0.1) is 0 Å². The molecular formula is C15H30N4. The number of nitrogens with zero attached hydrogens (tertiary/aromatic N) is 3. The van der Waals surface area contributed by atoms with Gasteiger partial charge < -0.3 is 15.1 Å². The highest BCUT2D eigenvalue weighted by Crippen LogP contribution is 2.19. The van der Waals surface area contributed by atoms with Crippen LogP contribution in [0.5, 0.6) is 0 Å². The molecule has 0 aromatic carbocycles. The highest BCUT2D eigenvalue weighted by atomic mass is 15.3. The number of nitrogens with one attached hydrogen (secondary N) is 1. The molecule has 0 saturated carbocycles. The third-order valence-corrected chi connectivity index (χ3v) is 4.38. The van der Waals surface area contributed by atoms with Crippen LogP contribution >= 0.6 is 0 Å². The summed E-state index contributed by atoms with van der Waals surface area (Å²) in [5.41, 5.74) is 0. The number of hydrogen-bond donors (Lipinski definition) is 1. The first-order valence-corrected chi connectivity index (χ1v) is 8.01. The van der Waals surface area contributed by atoms with Crippen molar-refractivity contribution in [1.82, 2.24) is 15.1 Å². The highest BCUT2D eigenvalue weighted by molar-refractivity contribution is 5.80. The highest BCUT2D eigenvalue weighted by Gasteiger charge is 2.17. The largest absolute Gasteiger partial charge is 0.357 e. The lowest BCUT2D eigenvalue weighted by atomic mass is 9.94. The van der Waals surface area contributed by atoms with Crippen molar-refractivity contribution in [3.63, 3.8) is 0 Å². The molecule has 19 heavy (non-hydrogen) atoms. The fraction of sp³-hybridized carbons (Fsp3) is 0.933. The molecule has 2 aliphatic rings. The summed E-state index contributed by atoms with van der Waals surface area (Å²) >= 11 is 0. The van der Waals surface area contributed by atoms with Crippen molar-refractivity contribution in [2.45, 2.75) is 39.0 Å². The van der Waals surface area contributed by atoms with Gasteiger partial charge >= 0.3 is 0 Å². The maximum atomic E-state index is 4.83. The molecule has 4 heteroatoms. The van der Waals surface area contributed by atoms with Gasteiger partial charge in [0.1, 0.15) is 0 Å². The van der Waals surface area contributed by atoms with Crippen LogP contribution in [-0.2, 0) is 0 Å². The zero-order chi connectivity index (χ0) is 13.5. The van der Waals surface area contributed by atoms with Crippen LogP contribution in [0.3, 0.4) is 0 Å². The van der Waals surface area contributed by atoms with E-state index in [1.54, 1.807) is 0 Å². The monoisotopic (exact) mass is 266 g/mol. The second-order valence-electron chi connectivity index (χ2n) is 5.97. The molecule has 2 fully saturated rings. The second-order valence-corrected chi connectivity index (χ2v) is 5.97. The first-order chi connectivity index (χ1) is 9.29. The minimum Gasteiger partial charge on any atom is -0.357 e. The van der Waals surface area contributed by atoms with Gasteiger partial charge in [0.05, 0.1) is 0 Å². The quantitative estimate of drug-likeness (QED) is 0.621. The summed E-state index contributed by atoms with van der Waals surface area (Å²) in [6.07, 6.45) is 6.61. The van der Waals surface area contributed by atoms with E-state index in [9.17, 15) is 0 Å². The van der Waals surface area contributed by atoms with Crippen molar-refractivity contribution >= 4 is 5.96 Å². The van der Waals surface area contributed by atoms with E-state index in [2.05, 4.69) is 29.1 Å². The predicted octanol–water partition coefficient (Wildman–Crippen LogP) is 1.78. The molecular weight excluding hydrogens is 236 g/mol. The van der Waals surface area contributed by atoms with E-state index >= 15 is 0 Å². The zero-order valence-corrected chi connectivity index (χ0v) is 12.7. The minimum absolute atomic E-state index is 0.890. The van der Waals surface area contributed by atoms with Gasteiger partial charge in [0.2, 0.25) is 0 Å². The molecule has 0 spiro atoms. The van der Waals surface area contributed by atoms with Crippen molar-refractivity contribution in [1.29, 1.82) is 0 Å². The Morgan fingerprint density at radius 2 is 1.84 bits per heavy atom. The number of likely N-dealkylation sites (tertiary alicyclic amines) is 2. The molecule has 2 saturated heterocycles. The Morgan fingerprint density at radius 1 is 1.16 bits per heavy atom. The number of rotatable bonds is 4. The van der Waals surface area contributed by atoms with E-state index in [0.29, 0.717) is 0 Å². The molecule has 0 bridgehead atoms. The maximum absolute atomic E-state index is 4.83. The van der Waals surface area contributed by atoms with Crippen molar-refractivity contribution in [3.8, 4) is 0 Å². The number of aliphatic imine (C=N–C) groups is 1. The Morgan fingerprint density at radius 3 is 2.47 bits per heavy atom. The van der Waals surface area contributed by atoms with Crippen LogP contribution < -0.4 is 5.32 Å². The third-order valence-electron chi connectivity index (χ3n) is 4.38. The number of piperidine rings is 1. The lowest BCUT2D eigenvalue weighted by Gasteiger charge is -2.28. The summed E-state index contributed by atoms with van der Waals surface area (Å²) in [6, 6.07) is 0. The van der Waals surface area contributed by atoms with Crippen LogP contribution in [0.2, 0.25) is 0 Å². The molecule has 0 aromatic heterocycles. The van der Waals surface area contributed by atoms with Crippen LogP contribution in [0, 0.1) is 5.92 Å². The summed E-state index contributed by atoms with van der Waals surface area (Å²) in [6.45, 7) is 9.01.